The van der Waals surface area contributed by atoms with Crippen molar-refractivity contribution < 1.29 is 14.6 Å². The first kappa shape index (κ1) is 17.1. The van der Waals surface area contributed by atoms with Gasteiger partial charge in [0.15, 0.2) is 0 Å². The summed E-state index contributed by atoms with van der Waals surface area (Å²) in [7, 11) is 0.945. The van der Waals surface area contributed by atoms with Crippen LogP contribution in [0.4, 0.5) is 0 Å². The van der Waals surface area contributed by atoms with Crippen LogP contribution in [-0.2, 0) is 9.53 Å². The standard InChI is InChI=1S/C16H21BClNO3/c1-11(16(20)22-3)15-10-13(18)4-5-14(15)12-6-8-19(9-7-12)17(2)21/h4-6,10-11,21H,7-9H2,1-3H3. The number of nitrogens with zero attached hydrogens (tertiary/aromatic N) is 1. The fourth-order valence-electron chi connectivity index (χ4n) is 2.76. The molecule has 0 saturated carbocycles. The maximum absolute atomic E-state index is 11.9. The lowest BCUT2D eigenvalue weighted by molar-refractivity contribution is -0.142. The minimum Gasteiger partial charge on any atom is -0.469 e. The normalized spacial score (nSPS) is 16.9. The number of rotatable bonds is 4. The summed E-state index contributed by atoms with van der Waals surface area (Å²) in [4.78, 5) is 13.9. The molecule has 4 nitrogen and oxygen atoms in total. The van der Waals surface area contributed by atoms with E-state index in [-0.39, 0.29) is 11.9 Å². The van der Waals surface area contributed by atoms with Gasteiger partial charge in [0.1, 0.15) is 0 Å². The van der Waals surface area contributed by atoms with E-state index in [0.29, 0.717) is 11.6 Å². The molecular formula is C16H21BClNO3. The van der Waals surface area contributed by atoms with E-state index in [1.165, 1.54) is 12.7 Å². The molecule has 1 aromatic carbocycles. The van der Waals surface area contributed by atoms with Gasteiger partial charge in [-0.05, 0) is 55.5 Å². The van der Waals surface area contributed by atoms with E-state index in [2.05, 4.69) is 6.08 Å². The zero-order valence-electron chi connectivity index (χ0n) is 13.2. The van der Waals surface area contributed by atoms with Crippen LogP contribution in [0.5, 0.6) is 0 Å². The van der Waals surface area contributed by atoms with Gasteiger partial charge in [-0.1, -0.05) is 23.7 Å². The van der Waals surface area contributed by atoms with Gasteiger partial charge in [-0.2, -0.15) is 0 Å². The predicted octanol–water partition coefficient (Wildman–Crippen LogP) is 2.82. The summed E-state index contributed by atoms with van der Waals surface area (Å²) in [6.07, 6.45) is 2.93. The molecule has 1 heterocycles. The van der Waals surface area contributed by atoms with Crippen LogP contribution in [0.3, 0.4) is 0 Å². The Morgan fingerprint density at radius 1 is 1.50 bits per heavy atom. The number of esters is 1. The van der Waals surface area contributed by atoms with E-state index in [4.69, 9.17) is 16.3 Å². The molecule has 1 aliphatic rings. The Morgan fingerprint density at radius 3 is 2.77 bits per heavy atom. The molecule has 6 heteroatoms. The van der Waals surface area contributed by atoms with Crippen LogP contribution in [0.2, 0.25) is 11.8 Å². The van der Waals surface area contributed by atoms with Crippen molar-refractivity contribution in [2.75, 3.05) is 20.2 Å². The summed E-state index contributed by atoms with van der Waals surface area (Å²) in [6.45, 7) is 5.08. The first-order valence-corrected chi connectivity index (χ1v) is 7.80. The number of halogens is 1. The summed E-state index contributed by atoms with van der Waals surface area (Å²) >= 11 is 6.10. The van der Waals surface area contributed by atoms with Crippen LogP contribution in [0.1, 0.15) is 30.4 Å². The second kappa shape index (κ2) is 7.31. The minimum absolute atomic E-state index is 0.273. The highest BCUT2D eigenvalue weighted by Gasteiger charge is 2.24. The van der Waals surface area contributed by atoms with Crippen LogP contribution in [0, 0.1) is 0 Å². The number of methoxy groups -OCH3 is 1. The lowest BCUT2D eigenvalue weighted by Gasteiger charge is -2.28. The molecule has 0 fully saturated rings. The van der Waals surface area contributed by atoms with Crippen molar-refractivity contribution in [3.63, 3.8) is 0 Å². The van der Waals surface area contributed by atoms with Crippen molar-refractivity contribution in [2.45, 2.75) is 26.1 Å². The molecule has 1 aromatic rings. The molecule has 0 aliphatic carbocycles. The third-order valence-corrected chi connectivity index (χ3v) is 4.38. The van der Waals surface area contributed by atoms with E-state index in [1.807, 2.05) is 29.9 Å². The van der Waals surface area contributed by atoms with Crippen LogP contribution >= 0.6 is 11.6 Å². The van der Waals surface area contributed by atoms with Gasteiger partial charge >= 0.3 is 13.0 Å². The summed E-state index contributed by atoms with van der Waals surface area (Å²) in [5.41, 5.74) is 3.10. The SMILES string of the molecule is COC(=O)C(C)c1cc(Cl)ccc1C1=CCN(B(C)O)CC1. The minimum atomic E-state index is -0.448. The fraction of sp³-hybridized carbons (Fsp3) is 0.438. The number of benzene rings is 1. The number of ether oxygens (including phenoxy) is 1. The smallest absolute Gasteiger partial charge is 0.376 e. The molecular weight excluding hydrogens is 300 g/mol. The number of carbonyl (C=O) groups is 1. The van der Waals surface area contributed by atoms with E-state index in [9.17, 15) is 9.82 Å². The van der Waals surface area contributed by atoms with Gasteiger partial charge in [0, 0.05) is 11.6 Å². The lowest BCUT2D eigenvalue weighted by Crippen LogP contribution is -2.39. The average molecular weight is 322 g/mol. The van der Waals surface area contributed by atoms with Gasteiger partial charge < -0.3 is 14.6 Å². The topological polar surface area (TPSA) is 49.8 Å². The maximum Gasteiger partial charge on any atom is 0.376 e. The lowest BCUT2D eigenvalue weighted by atomic mass is 9.81. The van der Waals surface area contributed by atoms with Crippen LogP contribution in [0.15, 0.2) is 24.3 Å². The van der Waals surface area contributed by atoms with Gasteiger partial charge in [-0.3, -0.25) is 4.79 Å². The molecule has 0 saturated heterocycles. The molecule has 22 heavy (non-hydrogen) atoms. The first-order valence-electron chi connectivity index (χ1n) is 7.42. The van der Waals surface area contributed by atoms with Gasteiger partial charge in [0.2, 0.25) is 0 Å². The third-order valence-electron chi connectivity index (χ3n) is 4.15. The molecule has 1 atom stereocenters. The Kier molecular flexibility index (Phi) is 5.67. The van der Waals surface area contributed by atoms with Crippen LogP contribution < -0.4 is 0 Å². The molecule has 0 amide bonds. The number of hydrogen-bond acceptors (Lipinski definition) is 4. The second-order valence-corrected chi connectivity index (χ2v) is 6.02. The van der Waals surface area contributed by atoms with Gasteiger partial charge in [0.05, 0.1) is 13.0 Å². The van der Waals surface area contributed by atoms with Crippen molar-refractivity contribution in [3.8, 4) is 0 Å². The molecule has 1 N–H and O–H groups in total. The number of carbonyl (C=O) groups excluding carboxylic acids is 1. The molecule has 1 unspecified atom stereocenters. The van der Waals surface area contributed by atoms with Crippen molar-refractivity contribution in [1.82, 2.24) is 4.81 Å². The molecule has 2 rings (SSSR count). The molecule has 1 aliphatic heterocycles. The Hall–Kier alpha value is -1.30. The Bertz CT molecular complexity index is 589. The van der Waals surface area contributed by atoms with E-state index in [1.54, 1.807) is 6.82 Å². The summed E-state index contributed by atoms with van der Waals surface area (Å²) in [6, 6.07) is 5.63. The molecule has 118 valence electrons. The van der Waals surface area contributed by atoms with Gasteiger partial charge in [-0.15, -0.1) is 0 Å². The summed E-state index contributed by atoms with van der Waals surface area (Å²) < 4.78 is 4.85. The molecule has 0 bridgehead atoms. The molecule has 0 radical (unpaired) electrons. The average Bonchev–Trinajstić information content (AvgIpc) is 2.53. The van der Waals surface area contributed by atoms with Crippen molar-refractivity contribution in [3.05, 3.63) is 40.4 Å². The largest absolute Gasteiger partial charge is 0.469 e. The monoisotopic (exact) mass is 321 g/mol. The maximum atomic E-state index is 11.9. The van der Waals surface area contributed by atoms with Crippen LogP contribution in [0.25, 0.3) is 5.57 Å². The van der Waals surface area contributed by atoms with Crippen molar-refractivity contribution in [1.29, 1.82) is 0 Å². The summed E-state index contributed by atoms with van der Waals surface area (Å²) in [5.74, 6) is -0.639. The van der Waals surface area contributed by atoms with Gasteiger partial charge in [0.25, 0.3) is 0 Å². The molecule has 0 aromatic heterocycles. The highest BCUT2D eigenvalue weighted by molar-refractivity contribution is 6.45. The van der Waals surface area contributed by atoms with Crippen LogP contribution in [-0.4, -0.2) is 43.1 Å². The van der Waals surface area contributed by atoms with E-state index < -0.39 is 7.05 Å². The summed E-state index contributed by atoms with van der Waals surface area (Å²) in [5, 5.41) is 10.2. The van der Waals surface area contributed by atoms with E-state index in [0.717, 1.165) is 24.1 Å². The second-order valence-electron chi connectivity index (χ2n) is 5.58. The number of hydrogen-bond donors (Lipinski definition) is 1. The molecule has 0 spiro atoms. The van der Waals surface area contributed by atoms with Crippen molar-refractivity contribution >= 4 is 30.2 Å². The zero-order chi connectivity index (χ0) is 16.3. The predicted molar refractivity (Wildman–Crippen MR) is 89.9 cm³/mol. The third kappa shape index (κ3) is 3.72. The first-order chi connectivity index (χ1) is 10.4. The fourth-order valence-corrected chi connectivity index (χ4v) is 2.94. The Labute approximate surface area is 136 Å². The van der Waals surface area contributed by atoms with Gasteiger partial charge in [-0.25, -0.2) is 0 Å². The zero-order valence-corrected chi connectivity index (χ0v) is 13.9. The Morgan fingerprint density at radius 2 is 2.23 bits per heavy atom. The quantitative estimate of drug-likeness (QED) is 0.684. The van der Waals surface area contributed by atoms with E-state index >= 15 is 0 Å². The highest BCUT2D eigenvalue weighted by atomic mass is 35.5. The Balaban J connectivity index is 2.34. The highest BCUT2D eigenvalue weighted by Crippen LogP contribution is 2.32. The van der Waals surface area contributed by atoms with Crippen molar-refractivity contribution in [2.24, 2.45) is 0 Å².